The number of hydrogen-bond donors (Lipinski definition) is 2. The Kier molecular flexibility index (Phi) is 5.03. The summed E-state index contributed by atoms with van der Waals surface area (Å²) in [4.78, 5) is 24.4. The van der Waals surface area contributed by atoms with E-state index in [1.807, 2.05) is 6.92 Å². The molecule has 0 aliphatic rings. The van der Waals surface area contributed by atoms with Gasteiger partial charge in [-0.05, 0) is 30.7 Å². The Bertz CT molecular complexity index is 714. The molecule has 7 heteroatoms. The molecule has 0 spiro atoms. The number of carboxylic acids is 1. The molecule has 1 aromatic carbocycles. The lowest BCUT2D eigenvalue weighted by atomic mass is 10.2. The van der Waals surface area contributed by atoms with Crippen LogP contribution in [0.3, 0.4) is 0 Å². The fraction of sp³-hybridized carbons (Fsp3) is 0.143. The summed E-state index contributed by atoms with van der Waals surface area (Å²) in [7, 11) is 0. The van der Waals surface area contributed by atoms with Crippen LogP contribution < -0.4 is 5.32 Å². The number of carbonyl (C=O) groups excluding carboxylic acids is 1. The van der Waals surface area contributed by atoms with Gasteiger partial charge in [0.05, 0.1) is 16.1 Å². The zero-order valence-electron chi connectivity index (χ0n) is 10.9. The third-order valence-corrected chi connectivity index (χ3v) is 4.78. The smallest absolute Gasteiger partial charge is 0.338 e. The molecule has 0 unspecified atom stereocenters. The van der Waals surface area contributed by atoms with E-state index in [0.29, 0.717) is 16.4 Å². The van der Waals surface area contributed by atoms with Crippen molar-refractivity contribution in [2.75, 3.05) is 5.32 Å². The summed E-state index contributed by atoms with van der Waals surface area (Å²) in [6.07, 6.45) is 0.707. The van der Waals surface area contributed by atoms with Crippen LogP contribution in [-0.4, -0.2) is 17.0 Å². The maximum Gasteiger partial charge on any atom is 0.338 e. The van der Waals surface area contributed by atoms with E-state index in [-0.39, 0.29) is 11.1 Å². The molecule has 2 aromatic rings. The fourth-order valence-electron chi connectivity index (χ4n) is 1.71. The maximum absolute atomic E-state index is 12.3. The number of carbonyl (C=O) groups is 2. The summed E-state index contributed by atoms with van der Waals surface area (Å²) in [6.45, 7) is 1.92. The highest BCUT2D eigenvalue weighted by Crippen LogP contribution is 2.30. The molecule has 0 fully saturated rings. The first-order chi connectivity index (χ1) is 9.92. The van der Waals surface area contributed by atoms with E-state index in [1.54, 1.807) is 24.3 Å². The van der Waals surface area contributed by atoms with Gasteiger partial charge in [-0.3, -0.25) is 4.79 Å². The van der Waals surface area contributed by atoms with Crippen molar-refractivity contribution in [3.8, 4) is 0 Å². The van der Waals surface area contributed by atoms with Gasteiger partial charge in [0.15, 0.2) is 0 Å². The van der Waals surface area contributed by atoms with Gasteiger partial charge in [-0.25, -0.2) is 4.79 Å². The molecule has 2 rings (SSSR count). The first-order valence-electron chi connectivity index (χ1n) is 6.04. The molecule has 0 aliphatic heterocycles. The number of aromatic carboxylic acids is 1. The second kappa shape index (κ2) is 6.60. The standard InChI is InChI=1S/C14H11BrClNO3S/c1-2-8-6-10(14(19)20)13(21-8)17-12(18)9-5-7(15)3-4-11(9)16/h3-6H,2H2,1H3,(H,17,18)(H,19,20). The summed E-state index contributed by atoms with van der Waals surface area (Å²) in [5.41, 5.74) is 0.380. The average Bonchev–Trinajstić information content (AvgIpc) is 2.84. The van der Waals surface area contributed by atoms with Crippen molar-refractivity contribution in [1.82, 2.24) is 0 Å². The highest BCUT2D eigenvalue weighted by atomic mass is 79.9. The minimum absolute atomic E-state index is 0.0938. The van der Waals surface area contributed by atoms with E-state index in [2.05, 4.69) is 21.2 Å². The van der Waals surface area contributed by atoms with E-state index in [4.69, 9.17) is 11.6 Å². The highest BCUT2D eigenvalue weighted by molar-refractivity contribution is 9.10. The molecule has 0 atom stereocenters. The molecular formula is C14H11BrClNO3S. The van der Waals surface area contributed by atoms with Crippen molar-refractivity contribution in [3.63, 3.8) is 0 Å². The van der Waals surface area contributed by atoms with Crippen LogP contribution in [0.25, 0.3) is 0 Å². The van der Waals surface area contributed by atoms with Crippen molar-refractivity contribution in [3.05, 3.63) is 49.8 Å². The lowest BCUT2D eigenvalue weighted by molar-refractivity contribution is 0.0698. The second-order valence-corrected chi connectivity index (χ2v) is 6.65. The summed E-state index contributed by atoms with van der Waals surface area (Å²) >= 11 is 10.5. The predicted octanol–water partition coefficient (Wildman–Crippen LogP) is 4.68. The third-order valence-electron chi connectivity index (χ3n) is 2.76. The minimum Gasteiger partial charge on any atom is -0.478 e. The van der Waals surface area contributed by atoms with Gasteiger partial charge in [-0.15, -0.1) is 11.3 Å². The van der Waals surface area contributed by atoms with Crippen molar-refractivity contribution in [2.24, 2.45) is 0 Å². The van der Waals surface area contributed by atoms with Crippen LogP contribution in [0.4, 0.5) is 5.00 Å². The van der Waals surface area contributed by atoms with Gasteiger partial charge in [0, 0.05) is 9.35 Å². The Morgan fingerprint density at radius 2 is 2.05 bits per heavy atom. The quantitative estimate of drug-likeness (QED) is 0.799. The SMILES string of the molecule is CCc1cc(C(=O)O)c(NC(=O)c2cc(Br)ccc2Cl)s1. The molecule has 4 nitrogen and oxygen atoms in total. The first kappa shape index (κ1) is 16.0. The molecule has 0 saturated heterocycles. The number of amides is 1. The van der Waals surface area contributed by atoms with Gasteiger partial charge in [0.2, 0.25) is 0 Å². The Hall–Kier alpha value is -1.37. The zero-order valence-corrected chi connectivity index (χ0v) is 14.1. The molecule has 0 aliphatic carbocycles. The number of carboxylic acid groups (broad SMARTS) is 1. The van der Waals surface area contributed by atoms with Crippen LogP contribution in [-0.2, 0) is 6.42 Å². The third kappa shape index (κ3) is 3.64. The van der Waals surface area contributed by atoms with Crippen molar-refractivity contribution in [1.29, 1.82) is 0 Å². The van der Waals surface area contributed by atoms with Crippen LogP contribution in [0.1, 0.15) is 32.5 Å². The first-order valence-corrected chi connectivity index (χ1v) is 8.03. The molecule has 1 aromatic heterocycles. The molecular weight excluding hydrogens is 378 g/mol. The van der Waals surface area contributed by atoms with Crippen LogP contribution in [0.2, 0.25) is 5.02 Å². The monoisotopic (exact) mass is 387 g/mol. The lowest BCUT2D eigenvalue weighted by Gasteiger charge is -2.06. The number of halogens is 2. The Balaban J connectivity index is 2.33. The van der Waals surface area contributed by atoms with Gasteiger partial charge in [0.25, 0.3) is 5.91 Å². The molecule has 110 valence electrons. The predicted molar refractivity (Wildman–Crippen MR) is 87.8 cm³/mol. The summed E-state index contributed by atoms with van der Waals surface area (Å²) in [5.74, 6) is -1.50. The number of hydrogen-bond acceptors (Lipinski definition) is 3. The topological polar surface area (TPSA) is 66.4 Å². The summed E-state index contributed by atoms with van der Waals surface area (Å²) in [6, 6.07) is 6.49. The number of nitrogens with one attached hydrogen (secondary N) is 1. The molecule has 2 N–H and O–H groups in total. The largest absolute Gasteiger partial charge is 0.478 e. The molecule has 21 heavy (non-hydrogen) atoms. The van der Waals surface area contributed by atoms with E-state index in [1.165, 1.54) is 11.3 Å². The lowest BCUT2D eigenvalue weighted by Crippen LogP contribution is -2.13. The summed E-state index contributed by atoms with van der Waals surface area (Å²) in [5, 5.41) is 12.4. The van der Waals surface area contributed by atoms with Gasteiger partial charge >= 0.3 is 5.97 Å². The number of benzene rings is 1. The number of aryl methyl sites for hydroxylation is 1. The Morgan fingerprint density at radius 3 is 2.67 bits per heavy atom. The van der Waals surface area contributed by atoms with Crippen LogP contribution in [0.5, 0.6) is 0 Å². The van der Waals surface area contributed by atoms with Crippen LogP contribution in [0, 0.1) is 0 Å². The van der Waals surface area contributed by atoms with E-state index < -0.39 is 11.9 Å². The number of thiophene rings is 1. The molecule has 1 heterocycles. The Labute approximate surface area is 138 Å². The number of rotatable bonds is 4. The normalized spacial score (nSPS) is 10.4. The average molecular weight is 389 g/mol. The van der Waals surface area contributed by atoms with Gasteiger partial charge in [-0.2, -0.15) is 0 Å². The second-order valence-electron chi connectivity index (χ2n) is 4.19. The molecule has 0 bridgehead atoms. The number of anilines is 1. The van der Waals surface area contributed by atoms with Crippen molar-refractivity contribution < 1.29 is 14.7 Å². The van der Waals surface area contributed by atoms with E-state index >= 15 is 0 Å². The maximum atomic E-state index is 12.3. The fourth-order valence-corrected chi connectivity index (χ4v) is 3.26. The van der Waals surface area contributed by atoms with E-state index in [9.17, 15) is 14.7 Å². The van der Waals surface area contributed by atoms with Crippen molar-refractivity contribution >= 4 is 55.7 Å². The minimum atomic E-state index is -1.07. The zero-order chi connectivity index (χ0) is 15.6. The van der Waals surface area contributed by atoms with Gasteiger partial charge in [-0.1, -0.05) is 34.5 Å². The van der Waals surface area contributed by atoms with Crippen LogP contribution in [0.15, 0.2) is 28.7 Å². The van der Waals surface area contributed by atoms with Crippen molar-refractivity contribution in [2.45, 2.75) is 13.3 Å². The van der Waals surface area contributed by atoms with Gasteiger partial charge < -0.3 is 10.4 Å². The summed E-state index contributed by atoms with van der Waals surface area (Å²) < 4.78 is 0.718. The van der Waals surface area contributed by atoms with E-state index in [0.717, 1.165) is 9.35 Å². The molecule has 0 saturated carbocycles. The van der Waals surface area contributed by atoms with Gasteiger partial charge in [0.1, 0.15) is 5.00 Å². The molecule has 0 radical (unpaired) electrons. The van der Waals surface area contributed by atoms with Crippen LogP contribution >= 0.6 is 38.9 Å². The Morgan fingerprint density at radius 1 is 1.33 bits per heavy atom. The highest BCUT2D eigenvalue weighted by Gasteiger charge is 2.18. The molecule has 1 amide bonds.